The summed E-state index contributed by atoms with van der Waals surface area (Å²) in [7, 11) is 0. The van der Waals surface area contributed by atoms with Crippen molar-refractivity contribution >= 4 is 18.3 Å². The lowest BCUT2D eigenvalue weighted by Crippen LogP contribution is -2.50. The Morgan fingerprint density at radius 3 is 2.80 bits per heavy atom. The van der Waals surface area contributed by atoms with Crippen LogP contribution in [0.3, 0.4) is 0 Å². The second kappa shape index (κ2) is 6.10. The topological polar surface area (TPSA) is 41.1 Å². The Kier molecular flexibility index (Phi) is 4.66. The van der Waals surface area contributed by atoms with Crippen LogP contribution in [0.1, 0.15) is 24.8 Å². The van der Waals surface area contributed by atoms with E-state index in [1.807, 2.05) is 13.0 Å². The van der Waals surface area contributed by atoms with E-state index in [9.17, 15) is 9.18 Å². The summed E-state index contributed by atoms with van der Waals surface area (Å²) < 4.78 is 13.1. The molecule has 3 rings (SSSR count). The summed E-state index contributed by atoms with van der Waals surface area (Å²) in [5.41, 5.74) is 0.989. The molecule has 0 radical (unpaired) electrons. The molecule has 1 saturated carbocycles. The summed E-state index contributed by atoms with van der Waals surface area (Å²) >= 11 is 0. The molecule has 3 unspecified atom stereocenters. The van der Waals surface area contributed by atoms with Crippen molar-refractivity contribution in [1.82, 2.24) is 10.6 Å². The van der Waals surface area contributed by atoms with Gasteiger partial charge in [-0.15, -0.1) is 12.4 Å². The van der Waals surface area contributed by atoms with E-state index < -0.39 is 0 Å². The maximum atomic E-state index is 13.1. The first kappa shape index (κ1) is 15.3. The molecule has 1 saturated heterocycles. The van der Waals surface area contributed by atoms with Gasteiger partial charge in [-0.25, -0.2) is 4.39 Å². The Hall–Kier alpha value is -1.13. The summed E-state index contributed by atoms with van der Waals surface area (Å²) in [6.07, 6.45) is 0.921. The van der Waals surface area contributed by atoms with E-state index in [2.05, 4.69) is 10.6 Å². The van der Waals surface area contributed by atoms with Gasteiger partial charge >= 0.3 is 0 Å². The fourth-order valence-corrected chi connectivity index (χ4v) is 2.65. The first-order valence-electron chi connectivity index (χ1n) is 6.91. The van der Waals surface area contributed by atoms with Crippen molar-refractivity contribution in [3.05, 3.63) is 35.6 Å². The smallest absolute Gasteiger partial charge is 0.223 e. The van der Waals surface area contributed by atoms with Crippen LogP contribution in [0, 0.1) is 17.7 Å². The van der Waals surface area contributed by atoms with Gasteiger partial charge in [0.2, 0.25) is 5.91 Å². The van der Waals surface area contributed by atoms with Gasteiger partial charge in [-0.05, 0) is 43.1 Å². The average molecular weight is 299 g/mol. The van der Waals surface area contributed by atoms with Gasteiger partial charge in [0.05, 0.1) is 0 Å². The van der Waals surface area contributed by atoms with Crippen LogP contribution >= 0.6 is 12.4 Å². The Morgan fingerprint density at radius 2 is 2.20 bits per heavy atom. The van der Waals surface area contributed by atoms with Crippen LogP contribution in [0.15, 0.2) is 24.3 Å². The summed E-state index contributed by atoms with van der Waals surface area (Å²) in [4.78, 5) is 12.1. The molecule has 1 aliphatic heterocycles. The zero-order valence-corrected chi connectivity index (χ0v) is 12.3. The van der Waals surface area contributed by atoms with E-state index in [1.54, 1.807) is 12.1 Å². The first-order chi connectivity index (χ1) is 9.15. The van der Waals surface area contributed by atoms with Crippen LogP contribution in [0.2, 0.25) is 0 Å². The minimum Gasteiger partial charge on any atom is -0.352 e. The van der Waals surface area contributed by atoms with Gasteiger partial charge < -0.3 is 10.6 Å². The quantitative estimate of drug-likeness (QED) is 0.893. The molecular weight excluding hydrogens is 279 g/mol. The summed E-state index contributed by atoms with van der Waals surface area (Å²) in [5, 5.41) is 6.27. The number of hydrogen-bond donors (Lipinski definition) is 2. The van der Waals surface area contributed by atoms with Crippen molar-refractivity contribution in [3.8, 4) is 0 Å². The number of hydrogen-bond acceptors (Lipinski definition) is 2. The monoisotopic (exact) mass is 298 g/mol. The van der Waals surface area contributed by atoms with Crippen LogP contribution in [0.5, 0.6) is 0 Å². The molecule has 1 heterocycles. The fourth-order valence-electron chi connectivity index (χ4n) is 2.65. The van der Waals surface area contributed by atoms with Crippen LogP contribution in [-0.4, -0.2) is 25.0 Å². The molecular formula is C15H20ClFN2O. The van der Waals surface area contributed by atoms with Gasteiger partial charge in [-0.1, -0.05) is 19.1 Å². The molecule has 1 aromatic rings. The average Bonchev–Trinajstić information content (AvgIpc) is 3.06. The van der Waals surface area contributed by atoms with Crippen molar-refractivity contribution in [2.45, 2.75) is 25.3 Å². The van der Waals surface area contributed by atoms with Crippen LogP contribution in [0.4, 0.5) is 4.39 Å². The van der Waals surface area contributed by atoms with Crippen molar-refractivity contribution < 1.29 is 9.18 Å². The molecule has 1 amide bonds. The lowest BCUT2D eigenvalue weighted by atomic mass is 9.88. The van der Waals surface area contributed by atoms with Gasteiger partial charge in [-0.3, -0.25) is 4.79 Å². The lowest BCUT2D eigenvalue weighted by Gasteiger charge is -2.31. The highest BCUT2D eigenvalue weighted by Crippen LogP contribution is 2.41. The molecule has 110 valence electrons. The Bertz CT molecular complexity index is 493. The molecule has 3 atom stereocenters. The number of carbonyl (C=O) groups excluding carboxylic acids is 1. The van der Waals surface area contributed by atoms with Crippen molar-refractivity contribution in [3.63, 3.8) is 0 Å². The summed E-state index contributed by atoms with van der Waals surface area (Å²) in [6, 6.07) is 6.86. The second-order valence-corrected chi connectivity index (χ2v) is 5.72. The van der Waals surface area contributed by atoms with Crippen LogP contribution in [0.25, 0.3) is 0 Å². The van der Waals surface area contributed by atoms with E-state index in [4.69, 9.17) is 0 Å². The molecule has 0 bridgehead atoms. The number of benzene rings is 1. The normalized spacial score (nSPS) is 26.1. The number of halogens is 2. The first-order valence-corrected chi connectivity index (χ1v) is 6.91. The third kappa shape index (κ3) is 3.13. The number of nitrogens with one attached hydrogen (secondary N) is 2. The zero-order valence-electron chi connectivity index (χ0n) is 11.4. The minimum atomic E-state index is -0.205. The van der Waals surface area contributed by atoms with E-state index in [0.29, 0.717) is 5.92 Å². The Morgan fingerprint density at radius 1 is 1.45 bits per heavy atom. The Balaban J connectivity index is 0.00000147. The lowest BCUT2D eigenvalue weighted by molar-refractivity contribution is -0.126. The van der Waals surface area contributed by atoms with E-state index in [0.717, 1.165) is 25.1 Å². The molecule has 2 aliphatic rings. The number of rotatable bonds is 4. The van der Waals surface area contributed by atoms with Gasteiger partial charge in [-0.2, -0.15) is 0 Å². The second-order valence-electron chi connectivity index (χ2n) is 5.72. The number of amides is 1. The third-order valence-corrected chi connectivity index (χ3v) is 4.33. The molecule has 0 aromatic heterocycles. The van der Waals surface area contributed by atoms with E-state index in [1.165, 1.54) is 6.07 Å². The largest absolute Gasteiger partial charge is 0.352 e. The predicted octanol–water partition coefficient (Wildman–Crippen LogP) is 2.08. The number of carbonyl (C=O) groups is 1. The van der Waals surface area contributed by atoms with Crippen molar-refractivity contribution in [2.75, 3.05) is 13.1 Å². The van der Waals surface area contributed by atoms with E-state index >= 15 is 0 Å². The van der Waals surface area contributed by atoms with Gasteiger partial charge in [0.1, 0.15) is 5.82 Å². The maximum Gasteiger partial charge on any atom is 0.223 e. The summed E-state index contributed by atoms with van der Waals surface area (Å²) in [5.74, 6) is 0.742. The molecule has 0 spiro atoms. The molecule has 1 aliphatic carbocycles. The highest BCUT2D eigenvalue weighted by Gasteiger charge is 2.41. The van der Waals surface area contributed by atoms with Gasteiger partial charge in [0.25, 0.3) is 0 Å². The van der Waals surface area contributed by atoms with Gasteiger partial charge in [0.15, 0.2) is 0 Å². The maximum absolute atomic E-state index is 13.1. The van der Waals surface area contributed by atoms with Crippen molar-refractivity contribution in [2.24, 2.45) is 11.8 Å². The van der Waals surface area contributed by atoms with Crippen LogP contribution < -0.4 is 10.6 Å². The molecule has 1 aromatic carbocycles. The molecule has 20 heavy (non-hydrogen) atoms. The minimum absolute atomic E-state index is 0. The highest BCUT2D eigenvalue weighted by atomic mass is 35.5. The van der Waals surface area contributed by atoms with Gasteiger partial charge in [0, 0.05) is 17.9 Å². The predicted molar refractivity (Wildman–Crippen MR) is 78.5 cm³/mol. The standard InChI is InChI=1S/C15H19FN2O.ClH/c1-9(11-7-17-8-11)15(19)18-14-6-13(14)10-3-2-4-12(16)5-10;/h2-5,9,11,13-14,17H,6-8H2,1H3,(H,18,19);1H. The van der Waals surface area contributed by atoms with Crippen molar-refractivity contribution in [1.29, 1.82) is 0 Å². The fraction of sp³-hybridized carbons (Fsp3) is 0.533. The van der Waals surface area contributed by atoms with Crippen LogP contribution in [-0.2, 0) is 4.79 Å². The van der Waals surface area contributed by atoms with E-state index in [-0.39, 0.29) is 42.0 Å². The third-order valence-electron chi connectivity index (χ3n) is 4.33. The molecule has 3 nitrogen and oxygen atoms in total. The molecule has 2 fully saturated rings. The Labute approximate surface area is 124 Å². The zero-order chi connectivity index (χ0) is 13.4. The molecule has 2 N–H and O–H groups in total. The highest BCUT2D eigenvalue weighted by molar-refractivity contribution is 5.85. The molecule has 5 heteroatoms. The SMILES string of the molecule is CC(C(=O)NC1CC1c1cccc(F)c1)C1CNC1.Cl. The summed E-state index contributed by atoms with van der Waals surface area (Å²) in [6.45, 7) is 3.86.